The number of halogens is 1. The maximum Gasteiger partial charge on any atom is 0.396 e. The lowest BCUT2D eigenvalue weighted by molar-refractivity contribution is -0.158. The molecule has 0 saturated carbocycles. The van der Waals surface area contributed by atoms with Crippen molar-refractivity contribution in [2.24, 2.45) is 0 Å². The number of hydrogen-bond donors (Lipinski definition) is 1. The average molecular weight is 683 g/mol. The van der Waals surface area contributed by atoms with Gasteiger partial charge in [0.15, 0.2) is 0 Å². The third-order valence-corrected chi connectivity index (χ3v) is 8.95. The number of para-hydroxylation sites is 1. The number of amides is 1. The highest BCUT2D eigenvalue weighted by Gasteiger charge is 2.32. The molecule has 42 heavy (non-hydrogen) atoms. The monoisotopic (exact) mass is 682 g/mol. The molecule has 1 amide bonds. The molecule has 1 unspecified atom stereocenters. The van der Waals surface area contributed by atoms with Gasteiger partial charge in [0.25, 0.3) is 0 Å². The zero-order chi connectivity index (χ0) is 29.8. The molecule has 0 spiro atoms. The first-order chi connectivity index (χ1) is 20.3. The Balaban J connectivity index is 1.32. The molecule has 0 bridgehead atoms. The van der Waals surface area contributed by atoms with Crippen LogP contribution >= 0.6 is 22.6 Å². The number of aliphatic hydroxyl groups is 1. The SMILES string of the molecule is COC(=O)C(=O)N1CCc2c(c(-c3ccc(CI)c(C)c3)nn2CC(O)CN2CCN(c3ccccc3C#N)CC2)C1. The summed E-state index contributed by atoms with van der Waals surface area (Å²) in [5, 5.41) is 25.6. The molecule has 1 atom stereocenters. The van der Waals surface area contributed by atoms with E-state index < -0.39 is 18.0 Å². The Kier molecular flexibility index (Phi) is 9.45. The number of nitrogens with zero attached hydrogens (tertiary/aromatic N) is 6. The maximum absolute atomic E-state index is 12.6. The largest absolute Gasteiger partial charge is 0.462 e. The minimum atomic E-state index is -0.874. The van der Waals surface area contributed by atoms with Gasteiger partial charge in [0.05, 0.1) is 43.2 Å². The molecule has 1 fully saturated rings. The van der Waals surface area contributed by atoms with Gasteiger partial charge in [0, 0.05) is 66.9 Å². The first-order valence-electron chi connectivity index (χ1n) is 14.1. The fourth-order valence-corrected chi connectivity index (χ4v) is 6.68. The highest BCUT2D eigenvalue weighted by Crippen LogP contribution is 2.32. The summed E-state index contributed by atoms with van der Waals surface area (Å²) in [6, 6.07) is 16.2. The predicted molar refractivity (Wildman–Crippen MR) is 167 cm³/mol. The van der Waals surface area contributed by atoms with Crippen molar-refractivity contribution < 1.29 is 19.4 Å². The molecule has 1 aromatic heterocycles. The number of aryl methyl sites for hydroxylation is 1. The van der Waals surface area contributed by atoms with E-state index in [1.807, 2.05) is 28.9 Å². The molecular weight excluding hydrogens is 647 g/mol. The van der Waals surface area contributed by atoms with E-state index >= 15 is 0 Å². The smallest absolute Gasteiger partial charge is 0.396 e. The van der Waals surface area contributed by atoms with Crippen LogP contribution in [0.25, 0.3) is 11.3 Å². The van der Waals surface area contributed by atoms with Gasteiger partial charge in [0.2, 0.25) is 0 Å². The molecule has 10 nitrogen and oxygen atoms in total. The summed E-state index contributed by atoms with van der Waals surface area (Å²) in [5.74, 6) is -1.53. The van der Waals surface area contributed by atoms with E-state index in [4.69, 9.17) is 5.10 Å². The number of carbonyl (C=O) groups is 2. The van der Waals surface area contributed by atoms with Crippen LogP contribution in [0, 0.1) is 18.3 Å². The van der Waals surface area contributed by atoms with Crippen molar-refractivity contribution in [3.05, 3.63) is 70.4 Å². The standard InChI is InChI=1S/C31H35IN6O4/c1-21-15-22(7-8-23(21)16-32)29-26-20-37(30(40)31(41)42-2)10-9-28(26)38(34-29)19-25(39)18-35-11-13-36(14-12-35)27-6-4-3-5-24(27)17-33/h3-8,15,25,39H,9-14,16,18-20H2,1-2H3. The Bertz CT molecular complexity index is 1510. The van der Waals surface area contributed by atoms with Gasteiger partial charge in [-0.3, -0.25) is 14.4 Å². The number of anilines is 1. The highest BCUT2D eigenvalue weighted by atomic mass is 127. The fraction of sp³-hybridized carbons (Fsp3) is 0.419. The molecule has 2 aliphatic heterocycles. The first kappa shape index (κ1) is 30.0. The molecule has 2 aromatic carbocycles. The summed E-state index contributed by atoms with van der Waals surface area (Å²) in [6.45, 7) is 6.68. The second-order valence-electron chi connectivity index (χ2n) is 10.8. The number of β-amino-alcohol motifs (C(OH)–C–C–N with tert-alkyl or cyclic N) is 1. The molecule has 220 valence electrons. The van der Waals surface area contributed by atoms with E-state index in [0.717, 1.165) is 58.8 Å². The molecule has 1 N–H and O–H groups in total. The van der Waals surface area contributed by atoms with Crippen LogP contribution in [0.4, 0.5) is 5.69 Å². The molecule has 3 heterocycles. The van der Waals surface area contributed by atoms with Crippen LogP contribution in [-0.4, -0.2) is 89.0 Å². The van der Waals surface area contributed by atoms with Crippen molar-refractivity contribution in [1.29, 1.82) is 5.26 Å². The number of aromatic nitrogens is 2. The number of ether oxygens (including phenoxy) is 1. The Morgan fingerprint density at radius 1 is 1.12 bits per heavy atom. The summed E-state index contributed by atoms with van der Waals surface area (Å²) in [7, 11) is 1.21. The summed E-state index contributed by atoms with van der Waals surface area (Å²) in [6.07, 6.45) is -0.114. The van der Waals surface area contributed by atoms with Crippen LogP contribution in [0.5, 0.6) is 0 Å². The van der Waals surface area contributed by atoms with Gasteiger partial charge in [-0.25, -0.2) is 4.79 Å². The third kappa shape index (κ3) is 6.30. The Hall–Kier alpha value is -3.47. The highest BCUT2D eigenvalue weighted by molar-refractivity contribution is 14.1. The number of fused-ring (bicyclic) bond motifs is 1. The fourth-order valence-electron chi connectivity index (χ4n) is 5.83. The Morgan fingerprint density at radius 3 is 2.57 bits per heavy atom. The Morgan fingerprint density at radius 2 is 1.88 bits per heavy atom. The van der Waals surface area contributed by atoms with E-state index in [9.17, 15) is 20.0 Å². The quantitative estimate of drug-likeness (QED) is 0.175. The number of esters is 1. The summed E-state index contributed by atoms with van der Waals surface area (Å²) >= 11 is 2.35. The van der Waals surface area contributed by atoms with Crippen LogP contribution in [-0.2, 0) is 38.3 Å². The van der Waals surface area contributed by atoms with Gasteiger partial charge in [-0.1, -0.05) is 46.9 Å². The van der Waals surface area contributed by atoms with E-state index in [0.29, 0.717) is 31.6 Å². The molecular formula is C31H35IN6O4. The Labute approximate surface area is 259 Å². The first-order valence-corrected chi connectivity index (χ1v) is 15.6. The van der Waals surface area contributed by atoms with Crippen LogP contribution in [0.15, 0.2) is 42.5 Å². The van der Waals surface area contributed by atoms with E-state index in [1.54, 1.807) is 0 Å². The lowest BCUT2D eigenvalue weighted by atomic mass is 9.98. The molecule has 0 aliphatic carbocycles. The number of carbonyl (C=O) groups excluding carboxylic acids is 2. The van der Waals surface area contributed by atoms with Gasteiger partial charge < -0.3 is 19.6 Å². The molecule has 5 rings (SSSR count). The number of rotatable bonds is 7. The van der Waals surface area contributed by atoms with E-state index in [-0.39, 0.29) is 6.54 Å². The maximum atomic E-state index is 12.6. The number of methoxy groups -OCH3 is 1. The zero-order valence-corrected chi connectivity index (χ0v) is 26.1. The minimum Gasteiger partial charge on any atom is -0.462 e. The van der Waals surface area contributed by atoms with Gasteiger partial charge in [0.1, 0.15) is 6.07 Å². The van der Waals surface area contributed by atoms with Crippen molar-refractivity contribution in [2.45, 2.75) is 37.0 Å². The van der Waals surface area contributed by atoms with Crippen molar-refractivity contribution in [3.8, 4) is 17.3 Å². The second kappa shape index (κ2) is 13.2. The van der Waals surface area contributed by atoms with Gasteiger partial charge >= 0.3 is 11.9 Å². The van der Waals surface area contributed by atoms with Crippen LogP contribution in [0.3, 0.4) is 0 Å². The number of benzene rings is 2. The molecule has 3 aromatic rings. The van der Waals surface area contributed by atoms with Crippen LogP contribution in [0.2, 0.25) is 0 Å². The summed E-state index contributed by atoms with van der Waals surface area (Å²) in [4.78, 5) is 30.6. The van der Waals surface area contributed by atoms with Crippen molar-refractivity contribution in [1.82, 2.24) is 19.6 Å². The summed E-state index contributed by atoms with van der Waals surface area (Å²) < 4.78 is 7.47. The predicted octanol–water partition coefficient (Wildman–Crippen LogP) is 2.91. The third-order valence-electron chi connectivity index (χ3n) is 8.13. The second-order valence-corrected chi connectivity index (χ2v) is 11.5. The number of alkyl halides is 1. The van der Waals surface area contributed by atoms with Crippen molar-refractivity contribution in [2.75, 3.05) is 51.3 Å². The normalized spacial score (nSPS) is 16.1. The van der Waals surface area contributed by atoms with Crippen molar-refractivity contribution in [3.63, 3.8) is 0 Å². The van der Waals surface area contributed by atoms with Gasteiger partial charge in [-0.2, -0.15) is 10.4 Å². The van der Waals surface area contributed by atoms with Gasteiger partial charge in [-0.15, -0.1) is 0 Å². The number of aliphatic hydroxyl groups excluding tert-OH is 1. The van der Waals surface area contributed by atoms with Gasteiger partial charge in [-0.05, 0) is 36.2 Å². The molecule has 1 saturated heterocycles. The van der Waals surface area contributed by atoms with Crippen LogP contribution < -0.4 is 4.90 Å². The zero-order valence-electron chi connectivity index (χ0n) is 23.9. The average Bonchev–Trinajstić information content (AvgIpc) is 3.37. The van der Waals surface area contributed by atoms with Crippen molar-refractivity contribution >= 4 is 40.2 Å². The minimum absolute atomic E-state index is 0.258. The van der Waals surface area contributed by atoms with E-state index in [2.05, 4.69) is 68.3 Å². The lowest BCUT2D eigenvalue weighted by Crippen LogP contribution is -2.49. The molecule has 2 aliphatic rings. The molecule has 0 radical (unpaired) electrons. The van der Waals surface area contributed by atoms with Crippen LogP contribution in [0.1, 0.15) is 27.9 Å². The van der Waals surface area contributed by atoms with E-state index in [1.165, 1.54) is 23.1 Å². The number of nitriles is 1. The lowest BCUT2D eigenvalue weighted by Gasteiger charge is -2.37. The number of hydrogen-bond acceptors (Lipinski definition) is 8. The topological polar surface area (TPSA) is 115 Å². The number of piperazine rings is 1. The molecule has 11 heteroatoms. The summed E-state index contributed by atoms with van der Waals surface area (Å²) in [5.41, 5.74) is 7.65.